The molecule has 0 aromatic rings. The predicted octanol–water partition coefficient (Wildman–Crippen LogP) is 1.70. The van der Waals surface area contributed by atoms with Gasteiger partial charge >= 0.3 is 6.03 Å². The first-order valence-electron chi connectivity index (χ1n) is 8.94. The summed E-state index contributed by atoms with van der Waals surface area (Å²) in [5, 5.41) is 9.35. The van der Waals surface area contributed by atoms with Crippen molar-refractivity contribution in [1.82, 2.24) is 20.9 Å². The lowest BCUT2D eigenvalue weighted by atomic mass is 9.99. The molecule has 3 N–H and O–H groups in total. The van der Waals surface area contributed by atoms with Crippen molar-refractivity contribution in [3.63, 3.8) is 0 Å². The molecule has 0 aromatic heterocycles. The zero-order chi connectivity index (χ0) is 18.3. The molecule has 7 heteroatoms. The molecule has 0 aromatic carbocycles. The standard InChI is InChI=1S/C17H33N5O2/c1-7-17(6)14(23)22(16(24)21-17)11-9-10-19-15(18-8-2)20-13(5)12(3)4/h12-13H,7-11H2,1-6H3,(H,21,24)(H2,18,19,20). The van der Waals surface area contributed by atoms with Crippen LogP contribution in [-0.4, -0.2) is 54.0 Å². The molecule has 3 amide bonds. The maximum absolute atomic E-state index is 12.3. The van der Waals surface area contributed by atoms with Crippen molar-refractivity contribution >= 4 is 17.9 Å². The number of hydrogen-bond acceptors (Lipinski definition) is 3. The monoisotopic (exact) mass is 339 g/mol. The summed E-state index contributed by atoms with van der Waals surface area (Å²) in [7, 11) is 0. The largest absolute Gasteiger partial charge is 0.357 e. The SMILES string of the molecule is CCNC(=NCCCN1C(=O)NC(C)(CC)C1=O)NC(C)C(C)C. The first kappa shape index (κ1) is 20.3. The zero-order valence-electron chi connectivity index (χ0n) is 15.9. The highest BCUT2D eigenvalue weighted by molar-refractivity contribution is 6.06. The maximum atomic E-state index is 12.3. The van der Waals surface area contributed by atoms with Crippen LogP contribution in [0, 0.1) is 5.92 Å². The van der Waals surface area contributed by atoms with Gasteiger partial charge in [0, 0.05) is 25.7 Å². The summed E-state index contributed by atoms with van der Waals surface area (Å²) in [6, 6.07) is 0.0193. The molecule has 0 spiro atoms. The van der Waals surface area contributed by atoms with Gasteiger partial charge in [-0.2, -0.15) is 0 Å². The molecule has 0 aliphatic carbocycles. The van der Waals surface area contributed by atoms with Crippen LogP contribution < -0.4 is 16.0 Å². The molecule has 0 saturated carbocycles. The predicted molar refractivity (Wildman–Crippen MR) is 97.0 cm³/mol. The Labute approximate surface area is 145 Å². The minimum Gasteiger partial charge on any atom is -0.357 e. The van der Waals surface area contributed by atoms with Gasteiger partial charge in [0.25, 0.3) is 5.91 Å². The molecule has 1 heterocycles. The van der Waals surface area contributed by atoms with Gasteiger partial charge in [-0.25, -0.2) is 4.79 Å². The molecule has 1 fully saturated rings. The Morgan fingerprint density at radius 1 is 1.29 bits per heavy atom. The van der Waals surface area contributed by atoms with Crippen molar-refractivity contribution in [2.24, 2.45) is 10.9 Å². The van der Waals surface area contributed by atoms with Gasteiger partial charge < -0.3 is 16.0 Å². The fourth-order valence-corrected chi connectivity index (χ4v) is 2.31. The average molecular weight is 339 g/mol. The van der Waals surface area contributed by atoms with Crippen LogP contribution in [0.4, 0.5) is 4.79 Å². The van der Waals surface area contributed by atoms with E-state index in [2.05, 4.69) is 41.7 Å². The number of rotatable bonds is 8. The second-order valence-corrected chi connectivity index (χ2v) is 6.86. The number of carbonyl (C=O) groups excluding carboxylic acids is 2. The second-order valence-electron chi connectivity index (χ2n) is 6.86. The molecule has 1 saturated heterocycles. The molecule has 1 aliphatic rings. The number of urea groups is 1. The lowest BCUT2D eigenvalue weighted by Crippen LogP contribution is -2.44. The number of hydrogen-bond donors (Lipinski definition) is 3. The number of nitrogens with one attached hydrogen (secondary N) is 3. The molecule has 1 aliphatic heterocycles. The van der Waals surface area contributed by atoms with E-state index in [0.29, 0.717) is 37.9 Å². The number of aliphatic imine (C=N–C) groups is 1. The Bertz CT molecular complexity index is 478. The van der Waals surface area contributed by atoms with Gasteiger partial charge in [-0.3, -0.25) is 14.7 Å². The quantitative estimate of drug-likeness (QED) is 0.272. The fraction of sp³-hybridized carbons (Fsp3) is 0.824. The van der Waals surface area contributed by atoms with Gasteiger partial charge in [0.2, 0.25) is 0 Å². The van der Waals surface area contributed by atoms with Gasteiger partial charge in [0.05, 0.1) is 0 Å². The number of carbonyl (C=O) groups is 2. The Morgan fingerprint density at radius 2 is 1.96 bits per heavy atom. The molecule has 2 atom stereocenters. The van der Waals surface area contributed by atoms with Gasteiger partial charge in [0.1, 0.15) is 5.54 Å². The van der Waals surface area contributed by atoms with Crippen molar-refractivity contribution in [2.75, 3.05) is 19.6 Å². The molecular weight excluding hydrogens is 306 g/mol. The number of amides is 3. The second kappa shape index (κ2) is 8.89. The molecule has 7 nitrogen and oxygen atoms in total. The van der Waals surface area contributed by atoms with Crippen molar-refractivity contribution in [3.8, 4) is 0 Å². The van der Waals surface area contributed by atoms with Gasteiger partial charge in [-0.05, 0) is 39.5 Å². The van der Waals surface area contributed by atoms with Crippen LogP contribution in [0.15, 0.2) is 4.99 Å². The number of guanidine groups is 1. The lowest BCUT2D eigenvalue weighted by Gasteiger charge is -2.21. The van der Waals surface area contributed by atoms with E-state index in [-0.39, 0.29) is 11.9 Å². The molecule has 0 radical (unpaired) electrons. The Hall–Kier alpha value is -1.79. The molecule has 138 valence electrons. The van der Waals surface area contributed by atoms with E-state index < -0.39 is 5.54 Å². The topological polar surface area (TPSA) is 85.8 Å². The van der Waals surface area contributed by atoms with E-state index in [1.165, 1.54) is 4.90 Å². The van der Waals surface area contributed by atoms with E-state index in [0.717, 1.165) is 12.5 Å². The van der Waals surface area contributed by atoms with E-state index in [4.69, 9.17) is 0 Å². The maximum Gasteiger partial charge on any atom is 0.325 e. The highest BCUT2D eigenvalue weighted by Gasteiger charge is 2.45. The van der Waals surface area contributed by atoms with Crippen LogP contribution in [0.5, 0.6) is 0 Å². The first-order chi connectivity index (χ1) is 11.2. The highest BCUT2D eigenvalue weighted by atomic mass is 16.2. The summed E-state index contributed by atoms with van der Waals surface area (Å²) < 4.78 is 0. The van der Waals surface area contributed by atoms with Crippen LogP contribution in [0.1, 0.15) is 54.4 Å². The van der Waals surface area contributed by atoms with Crippen molar-refractivity contribution in [1.29, 1.82) is 0 Å². The fourth-order valence-electron chi connectivity index (χ4n) is 2.31. The minimum absolute atomic E-state index is 0.141. The Balaban J connectivity index is 2.53. The summed E-state index contributed by atoms with van der Waals surface area (Å²) in [6.45, 7) is 13.9. The van der Waals surface area contributed by atoms with Crippen LogP contribution in [0.25, 0.3) is 0 Å². The number of imide groups is 1. The number of nitrogens with zero attached hydrogens (tertiary/aromatic N) is 2. The molecular formula is C17H33N5O2. The third-order valence-electron chi connectivity index (χ3n) is 4.57. The third-order valence-corrected chi connectivity index (χ3v) is 4.57. The highest BCUT2D eigenvalue weighted by Crippen LogP contribution is 2.20. The summed E-state index contributed by atoms with van der Waals surface area (Å²) in [5.41, 5.74) is -0.760. The van der Waals surface area contributed by atoms with Crippen molar-refractivity contribution in [2.45, 2.75) is 66.0 Å². The zero-order valence-corrected chi connectivity index (χ0v) is 15.9. The summed E-state index contributed by atoms with van der Waals surface area (Å²) in [5.74, 6) is 1.14. The van der Waals surface area contributed by atoms with Crippen LogP contribution in [0.3, 0.4) is 0 Å². The minimum atomic E-state index is -0.760. The van der Waals surface area contributed by atoms with Crippen LogP contribution in [-0.2, 0) is 4.79 Å². The van der Waals surface area contributed by atoms with Gasteiger partial charge in [0.15, 0.2) is 5.96 Å². The molecule has 2 unspecified atom stereocenters. The van der Waals surface area contributed by atoms with Crippen molar-refractivity contribution < 1.29 is 9.59 Å². The Kier molecular flexibility index (Phi) is 7.51. The van der Waals surface area contributed by atoms with E-state index in [1.807, 2.05) is 13.8 Å². The molecule has 1 rings (SSSR count). The third kappa shape index (κ3) is 5.11. The lowest BCUT2D eigenvalue weighted by molar-refractivity contribution is -0.130. The molecule has 0 bridgehead atoms. The average Bonchev–Trinajstić information content (AvgIpc) is 2.74. The van der Waals surface area contributed by atoms with Crippen LogP contribution >= 0.6 is 0 Å². The molecule has 24 heavy (non-hydrogen) atoms. The smallest absolute Gasteiger partial charge is 0.325 e. The Morgan fingerprint density at radius 3 is 2.46 bits per heavy atom. The van der Waals surface area contributed by atoms with Gasteiger partial charge in [-0.1, -0.05) is 20.8 Å². The summed E-state index contributed by atoms with van der Waals surface area (Å²) >= 11 is 0. The summed E-state index contributed by atoms with van der Waals surface area (Å²) in [4.78, 5) is 30.1. The van der Waals surface area contributed by atoms with Crippen LogP contribution in [0.2, 0.25) is 0 Å². The van der Waals surface area contributed by atoms with E-state index in [9.17, 15) is 9.59 Å². The summed E-state index contributed by atoms with van der Waals surface area (Å²) in [6.07, 6.45) is 1.24. The van der Waals surface area contributed by atoms with E-state index >= 15 is 0 Å². The van der Waals surface area contributed by atoms with Gasteiger partial charge in [-0.15, -0.1) is 0 Å². The van der Waals surface area contributed by atoms with E-state index in [1.54, 1.807) is 6.92 Å². The normalized spacial score (nSPS) is 22.8. The first-order valence-corrected chi connectivity index (χ1v) is 8.94. The van der Waals surface area contributed by atoms with Crippen molar-refractivity contribution in [3.05, 3.63) is 0 Å².